The molecule has 4 N–H and O–H groups in total. The fourth-order valence-corrected chi connectivity index (χ4v) is 4.42. The Morgan fingerprint density at radius 1 is 1.11 bits per heavy atom. The van der Waals surface area contributed by atoms with Gasteiger partial charge in [-0.15, -0.1) is 0 Å². The maximum atomic E-state index is 14.1. The summed E-state index contributed by atoms with van der Waals surface area (Å²) in [6, 6.07) is 11.9. The first-order valence-corrected chi connectivity index (χ1v) is 11.3. The molecule has 11 heteroatoms. The van der Waals surface area contributed by atoms with Crippen molar-refractivity contribution in [3.05, 3.63) is 77.6 Å². The predicted octanol–water partition coefficient (Wildman–Crippen LogP) is 5.22. The Hall–Kier alpha value is -4.09. The Labute approximate surface area is 209 Å². The van der Waals surface area contributed by atoms with Crippen LogP contribution in [0.2, 0.25) is 0 Å². The molecule has 2 aromatic carbocycles. The number of para-hydroxylation sites is 1. The number of hydrogen-bond donors (Lipinski definition) is 4. The van der Waals surface area contributed by atoms with Crippen LogP contribution in [0.4, 0.5) is 24.5 Å². The molecule has 0 spiro atoms. The number of carbonyl (C=O) groups excluding carboxylic acids is 1. The minimum Gasteiger partial charge on any atom is -0.457 e. The third kappa shape index (κ3) is 4.47. The molecule has 5 rings (SSSR count). The van der Waals surface area contributed by atoms with Gasteiger partial charge in [0.25, 0.3) is 5.91 Å². The van der Waals surface area contributed by atoms with Crippen molar-refractivity contribution in [3.63, 3.8) is 0 Å². The molecule has 1 aliphatic rings. The Bertz CT molecular complexity index is 1470. The maximum Gasteiger partial charge on any atom is 0.416 e. The lowest BCUT2D eigenvalue weighted by atomic mass is 9.93. The number of aromatic nitrogens is 2. The standard InChI is InChI=1S/C26H23F3N4O4/c1-25(13-36-2)24(35)32-19-12-31-23-20(21(19)33-25)17(11-30-23)22(34)16-9-8-15(10-18(16)26(27,28)29)37-14-6-4-3-5-7-14/h3-12,22,33-34H,13H2,1-2H3,(H,30,31)(H,32,35)/t22?,25-/m0/s1. The largest absolute Gasteiger partial charge is 0.457 e. The van der Waals surface area contributed by atoms with Gasteiger partial charge in [0.2, 0.25) is 0 Å². The van der Waals surface area contributed by atoms with Gasteiger partial charge in [0.15, 0.2) is 0 Å². The van der Waals surface area contributed by atoms with E-state index >= 15 is 0 Å². The first kappa shape index (κ1) is 24.6. The number of methoxy groups -OCH3 is 1. The lowest BCUT2D eigenvalue weighted by Gasteiger charge is -2.35. The number of halogens is 3. The number of hydrogen-bond acceptors (Lipinski definition) is 6. The van der Waals surface area contributed by atoms with Crippen LogP contribution in [0, 0.1) is 0 Å². The van der Waals surface area contributed by atoms with Gasteiger partial charge in [0.05, 0.1) is 35.1 Å². The number of ether oxygens (including phenoxy) is 2. The van der Waals surface area contributed by atoms with Crippen LogP contribution in [0.25, 0.3) is 11.0 Å². The van der Waals surface area contributed by atoms with Crippen molar-refractivity contribution in [2.24, 2.45) is 0 Å². The summed E-state index contributed by atoms with van der Waals surface area (Å²) in [5.74, 6) is 0.00615. The Morgan fingerprint density at radius 3 is 2.57 bits per heavy atom. The van der Waals surface area contributed by atoms with Gasteiger partial charge >= 0.3 is 6.18 Å². The zero-order chi connectivity index (χ0) is 26.4. The number of aliphatic hydroxyl groups excluding tert-OH is 1. The number of amides is 1. The minimum atomic E-state index is -4.76. The summed E-state index contributed by atoms with van der Waals surface area (Å²) in [4.78, 5) is 19.8. The van der Waals surface area contributed by atoms with Crippen LogP contribution in [0.1, 0.15) is 29.7 Å². The van der Waals surface area contributed by atoms with Crippen molar-refractivity contribution in [2.75, 3.05) is 24.4 Å². The number of nitrogens with one attached hydrogen (secondary N) is 3. The monoisotopic (exact) mass is 512 g/mol. The smallest absolute Gasteiger partial charge is 0.416 e. The summed E-state index contributed by atoms with van der Waals surface area (Å²) in [6.45, 7) is 1.67. The highest BCUT2D eigenvalue weighted by molar-refractivity contribution is 6.12. The third-order valence-electron chi connectivity index (χ3n) is 6.21. The quantitative estimate of drug-likeness (QED) is 0.282. The zero-order valence-electron chi connectivity index (χ0n) is 19.8. The molecule has 0 bridgehead atoms. The third-order valence-corrected chi connectivity index (χ3v) is 6.21. The molecule has 1 aliphatic heterocycles. The minimum absolute atomic E-state index is 0.0211. The Balaban J connectivity index is 1.59. The molecule has 3 heterocycles. The van der Waals surface area contributed by atoms with Gasteiger partial charge in [-0.3, -0.25) is 4.79 Å². The molecular weight excluding hydrogens is 489 g/mol. The summed E-state index contributed by atoms with van der Waals surface area (Å²) in [5, 5.41) is 17.5. The second kappa shape index (κ2) is 9.09. The SMILES string of the molecule is COC[C@]1(C)Nc2c(cnc3[nH]cc(C(O)c4ccc(Oc5ccccc5)cc4C(F)(F)F)c23)NC1=O. The average molecular weight is 512 g/mol. The molecule has 8 nitrogen and oxygen atoms in total. The molecule has 37 heavy (non-hydrogen) atoms. The van der Waals surface area contributed by atoms with E-state index < -0.39 is 23.4 Å². The molecule has 1 amide bonds. The number of anilines is 2. The van der Waals surface area contributed by atoms with Crippen molar-refractivity contribution in [1.82, 2.24) is 9.97 Å². The molecule has 0 fully saturated rings. The van der Waals surface area contributed by atoms with Crippen LogP contribution < -0.4 is 15.4 Å². The number of nitrogens with zero attached hydrogens (tertiary/aromatic N) is 1. The number of aliphatic hydroxyl groups is 1. The summed E-state index contributed by atoms with van der Waals surface area (Å²) in [7, 11) is 1.45. The molecular formula is C26H23F3N4O4. The van der Waals surface area contributed by atoms with E-state index in [1.54, 1.807) is 37.3 Å². The molecule has 2 aromatic heterocycles. The first-order valence-electron chi connectivity index (χ1n) is 11.3. The van der Waals surface area contributed by atoms with E-state index in [-0.39, 0.29) is 29.4 Å². The highest BCUT2D eigenvalue weighted by Crippen LogP contribution is 2.44. The van der Waals surface area contributed by atoms with E-state index in [4.69, 9.17) is 9.47 Å². The normalized spacial score (nSPS) is 18.2. The van der Waals surface area contributed by atoms with Crippen molar-refractivity contribution < 1.29 is 32.5 Å². The van der Waals surface area contributed by atoms with E-state index in [0.717, 1.165) is 6.07 Å². The summed E-state index contributed by atoms with van der Waals surface area (Å²) < 4.78 is 53.1. The second-order valence-corrected chi connectivity index (χ2v) is 8.92. The van der Waals surface area contributed by atoms with Crippen LogP contribution in [-0.2, 0) is 15.7 Å². The number of aromatic amines is 1. The van der Waals surface area contributed by atoms with Gasteiger partial charge in [-0.05, 0) is 36.8 Å². The number of H-pyrrole nitrogens is 1. The van der Waals surface area contributed by atoms with E-state index in [9.17, 15) is 23.1 Å². The number of carbonyl (C=O) groups is 1. The van der Waals surface area contributed by atoms with Gasteiger partial charge in [0, 0.05) is 18.9 Å². The van der Waals surface area contributed by atoms with Crippen LogP contribution in [0.15, 0.2) is 60.9 Å². The summed E-state index contributed by atoms with van der Waals surface area (Å²) in [5.41, 5.74) is -1.31. The zero-order valence-corrected chi connectivity index (χ0v) is 19.8. The molecule has 0 saturated heterocycles. The highest BCUT2D eigenvalue weighted by Gasteiger charge is 2.40. The number of benzene rings is 2. The molecule has 0 aliphatic carbocycles. The van der Waals surface area contributed by atoms with Gasteiger partial charge in [0.1, 0.15) is 28.8 Å². The fraction of sp³-hybridized carbons (Fsp3) is 0.231. The molecule has 1 unspecified atom stereocenters. The van der Waals surface area contributed by atoms with Crippen molar-refractivity contribution in [3.8, 4) is 11.5 Å². The van der Waals surface area contributed by atoms with Crippen LogP contribution in [0.5, 0.6) is 11.5 Å². The van der Waals surface area contributed by atoms with Crippen molar-refractivity contribution >= 4 is 28.3 Å². The molecule has 0 saturated carbocycles. The molecule has 192 valence electrons. The van der Waals surface area contributed by atoms with Crippen LogP contribution >= 0.6 is 0 Å². The Morgan fingerprint density at radius 2 is 1.86 bits per heavy atom. The van der Waals surface area contributed by atoms with Gasteiger partial charge in [-0.25, -0.2) is 4.98 Å². The van der Waals surface area contributed by atoms with Crippen LogP contribution in [-0.4, -0.2) is 40.2 Å². The lowest BCUT2D eigenvalue weighted by Crippen LogP contribution is -2.53. The predicted molar refractivity (Wildman–Crippen MR) is 131 cm³/mol. The lowest BCUT2D eigenvalue weighted by molar-refractivity contribution is -0.139. The fourth-order valence-electron chi connectivity index (χ4n) is 4.42. The molecule has 0 radical (unpaired) electrons. The number of pyridine rings is 1. The van der Waals surface area contributed by atoms with E-state index in [2.05, 4.69) is 20.6 Å². The van der Waals surface area contributed by atoms with E-state index in [0.29, 0.717) is 28.2 Å². The van der Waals surface area contributed by atoms with Crippen molar-refractivity contribution in [1.29, 1.82) is 0 Å². The van der Waals surface area contributed by atoms with Crippen molar-refractivity contribution in [2.45, 2.75) is 24.7 Å². The number of rotatable bonds is 6. The second-order valence-electron chi connectivity index (χ2n) is 8.92. The number of fused-ring (bicyclic) bond motifs is 3. The Kier molecular flexibility index (Phi) is 6.04. The number of alkyl halides is 3. The average Bonchev–Trinajstić information content (AvgIpc) is 3.29. The summed E-state index contributed by atoms with van der Waals surface area (Å²) >= 11 is 0. The van der Waals surface area contributed by atoms with E-state index in [1.165, 1.54) is 31.6 Å². The van der Waals surface area contributed by atoms with Gasteiger partial charge in [-0.2, -0.15) is 13.2 Å². The molecule has 2 atom stereocenters. The van der Waals surface area contributed by atoms with Gasteiger partial charge in [-0.1, -0.05) is 24.3 Å². The first-order chi connectivity index (χ1) is 17.6. The van der Waals surface area contributed by atoms with Gasteiger partial charge < -0.3 is 30.2 Å². The molecule has 4 aromatic rings. The highest BCUT2D eigenvalue weighted by atomic mass is 19.4. The van der Waals surface area contributed by atoms with Crippen LogP contribution in [0.3, 0.4) is 0 Å². The maximum absolute atomic E-state index is 14.1. The summed E-state index contributed by atoms with van der Waals surface area (Å²) in [6.07, 6.45) is -3.60. The van der Waals surface area contributed by atoms with E-state index in [1.807, 2.05) is 0 Å². The topological polar surface area (TPSA) is 108 Å².